The standard InChI is InChI=1S/C16H23FO/c1-11-4-5-13(10-14(11)17)15(18)12-6-8-16(2,3)9-7-12/h4-5,10,12,15,18H,6-9H2,1-3H3. The molecule has 1 fully saturated rings. The first-order chi connectivity index (χ1) is 8.39. The van der Waals surface area contributed by atoms with Crippen molar-refractivity contribution >= 4 is 0 Å². The molecular formula is C16H23FO. The molecule has 18 heavy (non-hydrogen) atoms. The summed E-state index contributed by atoms with van der Waals surface area (Å²) in [4.78, 5) is 0. The molecule has 0 aromatic heterocycles. The molecule has 0 bridgehead atoms. The van der Waals surface area contributed by atoms with Gasteiger partial charge in [0.15, 0.2) is 0 Å². The Bertz CT molecular complexity index is 415. The van der Waals surface area contributed by atoms with Crippen LogP contribution in [0.2, 0.25) is 0 Å². The first-order valence-corrected chi connectivity index (χ1v) is 6.83. The quantitative estimate of drug-likeness (QED) is 0.825. The van der Waals surface area contributed by atoms with Crippen molar-refractivity contribution < 1.29 is 9.50 Å². The Balaban J connectivity index is 2.07. The molecule has 0 radical (unpaired) electrons. The maximum absolute atomic E-state index is 13.5. The molecule has 1 aromatic rings. The second-order valence-corrected chi connectivity index (χ2v) is 6.46. The van der Waals surface area contributed by atoms with Gasteiger partial charge < -0.3 is 5.11 Å². The lowest BCUT2D eigenvalue weighted by Gasteiger charge is -2.36. The van der Waals surface area contributed by atoms with Crippen LogP contribution in [0.3, 0.4) is 0 Å². The highest BCUT2D eigenvalue weighted by Gasteiger charge is 2.31. The Kier molecular flexibility index (Phi) is 3.76. The highest BCUT2D eigenvalue weighted by Crippen LogP contribution is 2.42. The van der Waals surface area contributed by atoms with Gasteiger partial charge in [0.05, 0.1) is 6.10 Å². The third kappa shape index (κ3) is 2.92. The average Bonchev–Trinajstić information content (AvgIpc) is 2.32. The maximum atomic E-state index is 13.5. The maximum Gasteiger partial charge on any atom is 0.126 e. The van der Waals surface area contributed by atoms with Gasteiger partial charge in [-0.2, -0.15) is 0 Å². The van der Waals surface area contributed by atoms with Gasteiger partial charge in [0, 0.05) is 0 Å². The number of benzene rings is 1. The third-order valence-corrected chi connectivity index (χ3v) is 4.37. The molecular weight excluding hydrogens is 227 g/mol. The molecule has 1 unspecified atom stereocenters. The fourth-order valence-electron chi connectivity index (χ4n) is 2.80. The fourth-order valence-corrected chi connectivity index (χ4v) is 2.80. The summed E-state index contributed by atoms with van der Waals surface area (Å²) in [6.07, 6.45) is 3.83. The van der Waals surface area contributed by atoms with Crippen LogP contribution in [-0.2, 0) is 0 Å². The summed E-state index contributed by atoms with van der Waals surface area (Å²) in [5.41, 5.74) is 1.76. The van der Waals surface area contributed by atoms with E-state index >= 15 is 0 Å². The zero-order valence-electron chi connectivity index (χ0n) is 11.5. The van der Waals surface area contributed by atoms with E-state index in [1.165, 1.54) is 6.07 Å². The summed E-state index contributed by atoms with van der Waals surface area (Å²) < 4.78 is 13.5. The summed E-state index contributed by atoms with van der Waals surface area (Å²) in [5.74, 6) is 0.0582. The van der Waals surface area contributed by atoms with E-state index in [-0.39, 0.29) is 11.7 Å². The van der Waals surface area contributed by atoms with Crippen LogP contribution in [-0.4, -0.2) is 5.11 Å². The average molecular weight is 250 g/mol. The van der Waals surface area contributed by atoms with Crippen molar-refractivity contribution in [1.29, 1.82) is 0 Å². The lowest BCUT2D eigenvalue weighted by molar-refractivity contribution is 0.0565. The van der Waals surface area contributed by atoms with Gasteiger partial charge in [-0.05, 0) is 61.1 Å². The molecule has 1 saturated carbocycles. The number of hydrogen-bond donors (Lipinski definition) is 1. The molecule has 0 aliphatic heterocycles. The minimum absolute atomic E-state index is 0.220. The Hall–Kier alpha value is -0.890. The van der Waals surface area contributed by atoms with Crippen molar-refractivity contribution in [1.82, 2.24) is 0 Å². The van der Waals surface area contributed by atoms with Crippen LogP contribution in [0.5, 0.6) is 0 Å². The van der Waals surface area contributed by atoms with Crippen molar-refractivity contribution in [3.8, 4) is 0 Å². The van der Waals surface area contributed by atoms with Gasteiger partial charge in [-0.1, -0.05) is 26.0 Å². The monoisotopic (exact) mass is 250 g/mol. The molecule has 1 nitrogen and oxygen atoms in total. The second kappa shape index (κ2) is 5.00. The predicted molar refractivity (Wildman–Crippen MR) is 71.8 cm³/mol. The van der Waals surface area contributed by atoms with Crippen LogP contribution in [0.4, 0.5) is 4.39 Å². The smallest absolute Gasteiger partial charge is 0.126 e. The zero-order chi connectivity index (χ0) is 13.3. The number of hydrogen-bond acceptors (Lipinski definition) is 1. The minimum Gasteiger partial charge on any atom is -0.388 e. The summed E-state index contributed by atoms with van der Waals surface area (Å²) >= 11 is 0. The molecule has 2 heteroatoms. The highest BCUT2D eigenvalue weighted by molar-refractivity contribution is 5.25. The molecule has 0 heterocycles. The van der Waals surface area contributed by atoms with Crippen LogP contribution in [0.1, 0.15) is 56.8 Å². The zero-order valence-corrected chi connectivity index (χ0v) is 11.5. The lowest BCUT2D eigenvalue weighted by Crippen LogP contribution is -2.25. The van der Waals surface area contributed by atoms with E-state index in [9.17, 15) is 9.50 Å². The first-order valence-electron chi connectivity index (χ1n) is 6.83. The second-order valence-electron chi connectivity index (χ2n) is 6.46. The van der Waals surface area contributed by atoms with Crippen molar-refractivity contribution in [2.24, 2.45) is 11.3 Å². The third-order valence-electron chi connectivity index (χ3n) is 4.37. The first kappa shape index (κ1) is 13.5. The van der Waals surface area contributed by atoms with Gasteiger partial charge in [-0.25, -0.2) is 4.39 Å². The topological polar surface area (TPSA) is 20.2 Å². The number of halogens is 1. The summed E-state index contributed by atoms with van der Waals surface area (Å²) in [6.45, 7) is 6.30. The number of aliphatic hydroxyl groups is 1. The van der Waals surface area contributed by atoms with E-state index in [1.54, 1.807) is 13.0 Å². The van der Waals surface area contributed by atoms with E-state index in [4.69, 9.17) is 0 Å². The van der Waals surface area contributed by atoms with Crippen LogP contribution >= 0.6 is 0 Å². The van der Waals surface area contributed by atoms with E-state index in [0.29, 0.717) is 11.0 Å². The molecule has 0 amide bonds. The van der Waals surface area contributed by atoms with E-state index in [2.05, 4.69) is 13.8 Å². The van der Waals surface area contributed by atoms with E-state index in [1.807, 2.05) is 6.07 Å². The van der Waals surface area contributed by atoms with Gasteiger partial charge in [0.2, 0.25) is 0 Å². The van der Waals surface area contributed by atoms with Gasteiger partial charge >= 0.3 is 0 Å². The fraction of sp³-hybridized carbons (Fsp3) is 0.625. The van der Waals surface area contributed by atoms with Gasteiger partial charge in [-0.3, -0.25) is 0 Å². The van der Waals surface area contributed by atoms with Crippen LogP contribution in [0.15, 0.2) is 18.2 Å². The van der Waals surface area contributed by atoms with Crippen LogP contribution < -0.4 is 0 Å². The van der Waals surface area contributed by atoms with Crippen molar-refractivity contribution in [3.05, 3.63) is 35.1 Å². The Morgan fingerprint density at radius 3 is 2.44 bits per heavy atom. The molecule has 100 valence electrons. The molecule has 1 atom stereocenters. The summed E-state index contributed by atoms with van der Waals surface area (Å²) in [6, 6.07) is 5.09. The van der Waals surface area contributed by atoms with Gasteiger partial charge in [0.1, 0.15) is 5.82 Å². The molecule has 2 rings (SSSR count). The predicted octanol–water partition coefficient (Wildman–Crippen LogP) is 4.38. The van der Waals surface area contributed by atoms with E-state index < -0.39 is 6.10 Å². The number of rotatable bonds is 2. The van der Waals surface area contributed by atoms with Crippen molar-refractivity contribution in [2.75, 3.05) is 0 Å². The van der Waals surface area contributed by atoms with Crippen LogP contribution in [0, 0.1) is 24.1 Å². The van der Waals surface area contributed by atoms with E-state index in [0.717, 1.165) is 31.2 Å². The SMILES string of the molecule is Cc1ccc(C(O)C2CCC(C)(C)CC2)cc1F. The van der Waals surface area contributed by atoms with Gasteiger partial charge in [0.25, 0.3) is 0 Å². The minimum atomic E-state index is -0.517. The molecule has 1 aliphatic carbocycles. The van der Waals surface area contributed by atoms with Crippen molar-refractivity contribution in [3.63, 3.8) is 0 Å². The molecule has 1 aromatic carbocycles. The highest BCUT2D eigenvalue weighted by atomic mass is 19.1. The molecule has 1 aliphatic rings. The normalized spacial score (nSPS) is 21.8. The number of aliphatic hydroxyl groups excluding tert-OH is 1. The Morgan fingerprint density at radius 2 is 1.89 bits per heavy atom. The summed E-state index contributed by atoms with van der Waals surface area (Å²) in [5, 5.41) is 10.4. The Morgan fingerprint density at radius 1 is 1.28 bits per heavy atom. The molecule has 0 spiro atoms. The number of aryl methyl sites for hydroxylation is 1. The van der Waals surface area contributed by atoms with Gasteiger partial charge in [-0.15, -0.1) is 0 Å². The molecule has 1 N–H and O–H groups in total. The van der Waals surface area contributed by atoms with Crippen molar-refractivity contribution in [2.45, 2.75) is 52.6 Å². The Labute approximate surface area is 109 Å². The van der Waals surface area contributed by atoms with Crippen LogP contribution in [0.25, 0.3) is 0 Å². The lowest BCUT2D eigenvalue weighted by atomic mass is 9.71. The summed E-state index contributed by atoms with van der Waals surface area (Å²) in [7, 11) is 0. The molecule has 0 saturated heterocycles. The largest absolute Gasteiger partial charge is 0.388 e.